The van der Waals surface area contributed by atoms with Gasteiger partial charge in [-0.3, -0.25) is 9.59 Å². The largest absolute Gasteiger partial charge is 0.352 e. The molecule has 0 saturated heterocycles. The predicted octanol–water partition coefficient (Wildman–Crippen LogP) is 4.11. The molecule has 0 aliphatic carbocycles. The van der Waals surface area contributed by atoms with Crippen LogP contribution in [0.3, 0.4) is 0 Å². The first-order valence-electron chi connectivity index (χ1n) is 9.30. The molecular weight excluding hydrogens is 336 g/mol. The summed E-state index contributed by atoms with van der Waals surface area (Å²) in [5, 5.41) is 2.77. The van der Waals surface area contributed by atoms with Crippen molar-refractivity contribution in [2.75, 3.05) is 11.4 Å². The average molecular weight is 364 g/mol. The van der Waals surface area contributed by atoms with Crippen molar-refractivity contribution in [3.05, 3.63) is 78.4 Å². The lowest BCUT2D eigenvalue weighted by Crippen LogP contribution is -2.31. The smallest absolute Gasteiger partial charge is 0.227 e. The molecule has 0 atom stereocenters. The first kappa shape index (κ1) is 20.4. The maximum absolute atomic E-state index is 12.8. The number of nitrogens with one attached hydrogen (secondary N) is 1. The van der Waals surface area contributed by atoms with Crippen LogP contribution in [-0.4, -0.2) is 18.4 Å². The molecule has 0 spiro atoms. The van der Waals surface area contributed by atoms with Crippen LogP contribution in [0.5, 0.6) is 0 Å². The summed E-state index contributed by atoms with van der Waals surface area (Å²) in [6.07, 6.45) is 2.47. The number of anilines is 1. The summed E-state index contributed by atoms with van der Waals surface area (Å²) < 4.78 is 0. The van der Waals surface area contributed by atoms with Gasteiger partial charge in [-0.2, -0.15) is 0 Å². The minimum atomic E-state index is -0.0420. The number of benzene rings is 2. The minimum Gasteiger partial charge on any atom is -0.352 e. The number of carbonyl (C=O) groups is 2. The van der Waals surface area contributed by atoms with Gasteiger partial charge in [-0.05, 0) is 29.2 Å². The highest BCUT2D eigenvalue weighted by Crippen LogP contribution is 2.21. The minimum absolute atomic E-state index is 0.0420. The first-order valence-corrected chi connectivity index (χ1v) is 9.30. The Balaban J connectivity index is 2.15. The van der Waals surface area contributed by atoms with Crippen molar-refractivity contribution in [2.24, 2.45) is 5.92 Å². The van der Waals surface area contributed by atoms with E-state index in [9.17, 15) is 9.59 Å². The molecular formula is C23H28N2O2. The second-order valence-corrected chi connectivity index (χ2v) is 7.00. The Morgan fingerprint density at radius 2 is 1.70 bits per heavy atom. The molecule has 142 valence electrons. The topological polar surface area (TPSA) is 49.4 Å². The SMILES string of the molecule is C=CCNC(=O)Cc1ccc(N(Cc2ccccc2)C(=O)CC(C)C)cc1. The third-order valence-corrected chi connectivity index (χ3v) is 4.12. The van der Waals surface area contributed by atoms with Crippen LogP contribution >= 0.6 is 0 Å². The van der Waals surface area contributed by atoms with E-state index in [4.69, 9.17) is 0 Å². The van der Waals surface area contributed by atoms with E-state index in [0.717, 1.165) is 16.8 Å². The Labute approximate surface area is 161 Å². The van der Waals surface area contributed by atoms with Crippen LogP contribution in [0.1, 0.15) is 31.4 Å². The second-order valence-electron chi connectivity index (χ2n) is 7.00. The summed E-state index contributed by atoms with van der Waals surface area (Å²) in [7, 11) is 0. The number of amides is 2. The van der Waals surface area contributed by atoms with Crippen molar-refractivity contribution in [2.45, 2.75) is 33.2 Å². The molecule has 0 radical (unpaired) electrons. The van der Waals surface area contributed by atoms with Crippen LogP contribution in [0.4, 0.5) is 5.69 Å². The molecule has 0 fully saturated rings. The lowest BCUT2D eigenvalue weighted by atomic mass is 10.1. The second kappa shape index (κ2) is 10.3. The summed E-state index contributed by atoms with van der Waals surface area (Å²) in [5.74, 6) is 0.355. The van der Waals surface area contributed by atoms with Gasteiger partial charge in [-0.25, -0.2) is 0 Å². The molecule has 1 N–H and O–H groups in total. The number of hydrogen-bond acceptors (Lipinski definition) is 2. The van der Waals surface area contributed by atoms with Gasteiger partial charge in [0, 0.05) is 18.7 Å². The summed E-state index contributed by atoms with van der Waals surface area (Å²) in [6.45, 7) is 8.68. The van der Waals surface area contributed by atoms with Gasteiger partial charge in [0.1, 0.15) is 0 Å². The zero-order chi connectivity index (χ0) is 19.6. The third kappa shape index (κ3) is 6.74. The van der Waals surface area contributed by atoms with Crippen molar-refractivity contribution in [3.8, 4) is 0 Å². The molecule has 2 aromatic rings. The van der Waals surface area contributed by atoms with Gasteiger partial charge in [-0.15, -0.1) is 6.58 Å². The normalized spacial score (nSPS) is 10.5. The highest BCUT2D eigenvalue weighted by Gasteiger charge is 2.17. The van der Waals surface area contributed by atoms with Crippen LogP contribution in [0.25, 0.3) is 0 Å². The monoisotopic (exact) mass is 364 g/mol. The van der Waals surface area contributed by atoms with Crippen molar-refractivity contribution in [1.29, 1.82) is 0 Å². The van der Waals surface area contributed by atoms with E-state index < -0.39 is 0 Å². The fourth-order valence-corrected chi connectivity index (χ4v) is 2.78. The Morgan fingerprint density at radius 1 is 1.04 bits per heavy atom. The van der Waals surface area contributed by atoms with Gasteiger partial charge in [0.15, 0.2) is 0 Å². The van der Waals surface area contributed by atoms with E-state index >= 15 is 0 Å². The van der Waals surface area contributed by atoms with Crippen LogP contribution in [0.2, 0.25) is 0 Å². The molecule has 0 unspecified atom stereocenters. The van der Waals surface area contributed by atoms with Gasteiger partial charge in [-0.1, -0.05) is 62.4 Å². The van der Waals surface area contributed by atoms with E-state index in [1.54, 1.807) is 6.08 Å². The molecule has 0 aliphatic heterocycles. The Kier molecular flexibility index (Phi) is 7.80. The van der Waals surface area contributed by atoms with E-state index in [2.05, 4.69) is 11.9 Å². The molecule has 0 aliphatic rings. The Hall–Kier alpha value is -2.88. The fraction of sp³-hybridized carbons (Fsp3) is 0.304. The van der Waals surface area contributed by atoms with Gasteiger partial charge in [0.25, 0.3) is 0 Å². The molecule has 2 rings (SSSR count). The third-order valence-electron chi connectivity index (χ3n) is 4.12. The van der Waals surface area contributed by atoms with Gasteiger partial charge >= 0.3 is 0 Å². The lowest BCUT2D eigenvalue weighted by Gasteiger charge is -2.24. The van der Waals surface area contributed by atoms with Crippen molar-refractivity contribution < 1.29 is 9.59 Å². The number of carbonyl (C=O) groups excluding carboxylic acids is 2. The van der Waals surface area contributed by atoms with Crippen LogP contribution in [-0.2, 0) is 22.6 Å². The first-order chi connectivity index (χ1) is 13.0. The molecule has 4 nitrogen and oxygen atoms in total. The summed E-state index contributed by atoms with van der Waals surface area (Å²) >= 11 is 0. The molecule has 0 bridgehead atoms. The molecule has 0 heterocycles. The van der Waals surface area contributed by atoms with Crippen molar-refractivity contribution in [1.82, 2.24) is 5.32 Å². The number of hydrogen-bond donors (Lipinski definition) is 1. The quantitative estimate of drug-likeness (QED) is 0.681. The van der Waals surface area contributed by atoms with Gasteiger partial charge in [0.05, 0.1) is 13.0 Å². The summed E-state index contributed by atoms with van der Waals surface area (Å²) in [5.41, 5.74) is 2.85. The summed E-state index contributed by atoms with van der Waals surface area (Å²) in [6, 6.07) is 17.6. The zero-order valence-electron chi connectivity index (χ0n) is 16.2. The maximum Gasteiger partial charge on any atom is 0.227 e. The molecule has 2 aromatic carbocycles. The molecule has 0 saturated carbocycles. The number of nitrogens with zero attached hydrogens (tertiary/aromatic N) is 1. The summed E-state index contributed by atoms with van der Waals surface area (Å²) in [4.78, 5) is 26.4. The molecule has 0 aromatic heterocycles. The Morgan fingerprint density at radius 3 is 2.30 bits per heavy atom. The van der Waals surface area contributed by atoms with Crippen LogP contribution in [0, 0.1) is 5.92 Å². The van der Waals surface area contributed by atoms with Crippen molar-refractivity contribution >= 4 is 17.5 Å². The van der Waals surface area contributed by atoms with E-state index in [1.807, 2.05) is 73.3 Å². The number of rotatable bonds is 9. The maximum atomic E-state index is 12.8. The van der Waals surface area contributed by atoms with Crippen LogP contribution < -0.4 is 10.2 Å². The highest BCUT2D eigenvalue weighted by molar-refractivity contribution is 5.93. The average Bonchev–Trinajstić information content (AvgIpc) is 2.65. The lowest BCUT2D eigenvalue weighted by molar-refractivity contribution is -0.120. The fourth-order valence-electron chi connectivity index (χ4n) is 2.78. The van der Waals surface area contributed by atoms with Crippen LogP contribution in [0.15, 0.2) is 67.3 Å². The molecule has 27 heavy (non-hydrogen) atoms. The van der Waals surface area contributed by atoms with Gasteiger partial charge in [0.2, 0.25) is 11.8 Å². The predicted molar refractivity (Wildman–Crippen MR) is 110 cm³/mol. The van der Waals surface area contributed by atoms with Crippen molar-refractivity contribution in [3.63, 3.8) is 0 Å². The standard InChI is InChI=1S/C23H28N2O2/c1-4-14-24-22(26)16-19-10-12-21(13-11-19)25(23(27)15-18(2)3)17-20-8-6-5-7-9-20/h4-13,18H,1,14-17H2,2-3H3,(H,24,26). The molecule has 2 amide bonds. The van der Waals surface area contributed by atoms with Gasteiger partial charge < -0.3 is 10.2 Å². The van der Waals surface area contributed by atoms with E-state index in [-0.39, 0.29) is 11.8 Å². The van der Waals surface area contributed by atoms with E-state index in [1.165, 1.54) is 0 Å². The highest BCUT2D eigenvalue weighted by atomic mass is 16.2. The van der Waals surface area contributed by atoms with E-state index in [0.29, 0.717) is 31.8 Å². The zero-order valence-corrected chi connectivity index (χ0v) is 16.2. The Bertz CT molecular complexity index is 752. The molecule has 4 heteroatoms.